The van der Waals surface area contributed by atoms with Crippen LogP contribution in [0.2, 0.25) is 0 Å². The average Bonchev–Trinajstić information content (AvgIpc) is 2.56. The van der Waals surface area contributed by atoms with Crippen molar-refractivity contribution in [1.29, 1.82) is 0 Å². The summed E-state index contributed by atoms with van der Waals surface area (Å²) in [6.07, 6.45) is 0. The number of carboxylic acids is 1. The molecule has 1 aliphatic heterocycles. The topological polar surface area (TPSA) is 86.4 Å². The summed E-state index contributed by atoms with van der Waals surface area (Å²) in [5.41, 5.74) is -0.371. The molecule has 1 atom stereocenters. The molecule has 0 saturated heterocycles. The van der Waals surface area contributed by atoms with E-state index in [2.05, 4.69) is 5.10 Å². The van der Waals surface area contributed by atoms with E-state index in [1.54, 1.807) is 13.8 Å². The zero-order valence-corrected chi connectivity index (χ0v) is 9.79. The van der Waals surface area contributed by atoms with Crippen LogP contribution in [0, 0.1) is 5.92 Å². The third-order valence-corrected chi connectivity index (χ3v) is 2.80. The molecule has 0 spiro atoms. The number of nitrogens with zero attached hydrogens (tertiary/aromatic N) is 3. The van der Waals surface area contributed by atoms with Gasteiger partial charge in [-0.15, -0.1) is 0 Å². The van der Waals surface area contributed by atoms with Crippen LogP contribution in [0.25, 0.3) is 0 Å². The third kappa shape index (κ3) is 1.97. The Morgan fingerprint density at radius 3 is 2.76 bits per heavy atom. The summed E-state index contributed by atoms with van der Waals surface area (Å²) in [7, 11) is 0. The second-order valence-electron chi connectivity index (χ2n) is 4.37. The summed E-state index contributed by atoms with van der Waals surface area (Å²) < 4.78 is 7.71. The molecule has 7 heteroatoms. The van der Waals surface area contributed by atoms with Gasteiger partial charge < -0.3 is 9.84 Å². The lowest BCUT2D eigenvalue weighted by molar-refractivity contribution is -0.142. The lowest BCUT2D eigenvalue weighted by Gasteiger charge is -2.14. The van der Waals surface area contributed by atoms with Crippen molar-refractivity contribution in [3.05, 3.63) is 16.3 Å². The maximum absolute atomic E-state index is 12.0. The van der Waals surface area contributed by atoms with Gasteiger partial charge in [0.1, 0.15) is 6.61 Å². The van der Waals surface area contributed by atoms with Crippen LogP contribution in [0.5, 0.6) is 0 Å². The number of carboxylic acid groups (broad SMARTS) is 1. The molecule has 17 heavy (non-hydrogen) atoms. The van der Waals surface area contributed by atoms with Crippen LogP contribution >= 0.6 is 0 Å². The Morgan fingerprint density at radius 1 is 1.53 bits per heavy atom. The van der Waals surface area contributed by atoms with E-state index in [0.29, 0.717) is 19.0 Å². The van der Waals surface area contributed by atoms with E-state index in [-0.39, 0.29) is 18.2 Å². The standard InChI is InChI=1S/C10H15N3O4/c1-6(2)8(9(14)15)13-10(16)12-3-4-17-5-7(12)11-13/h6,8H,3-5H2,1-2H3,(H,14,15). The van der Waals surface area contributed by atoms with E-state index < -0.39 is 12.0 Å². The zero-order chi connectivity index (χ0) is 12.6. The van der Waals surface area contributed by atoms with Gasteiger partial charge in [0.15, 0.2) is 11.9 Å². The highest BCUT2D eigenvalue weighted by Gasteiger charge is 2.29. The maximum atomic E-state index is 12.0. The summed E-state index contributed by atoms with van der Waals surface area (Å²) in [6, 6.07) is -0.930. The van der Waals surface area contributed by atoms with Crippen molar-refractivity contribution >= 4 is 5.97 Å². The minimum Gasteiger partial charge on any atom is -0.480 e. The summed E-state index contributed by atoms with van der Waals surface area (Å²) in [5, 5.41) is 13.2. The number of rotatable bonds is 3. The predicted octanol–water partition coefficient (Wildman–Crippen LogP) is -0.143. The number of hydrogen-bond donors (Lipinski definition) is 1. The van der Waals surface area contributed by atoms with Crippen molar-refractivity contribution in [3.63, 3.8) is 0 Å². The van der Waals surface area contributed by atoms with Crippen molar-refractivity contribution in [1.82, 2.24) is 14.3 Å². The van der Waals surface area contributed by atoms with Gasteiger partial charge in [0.25, 0.3) is 0 Å². The van der Waals surface area contributed by atoms with Gasteiger partial charge in [0, 0.05) is 0 Å². The molecule has 94 valence electrons. The molecule has 0 aromatic carbocycles. The summed E-state index contributed by atoms with van der Waals surface area (Å²) >= 11 is 0. The molecule has 7 nitrogen and oxygen atoms in total. The zero-order valence-electron chi connectivity index (χ0n) is 9.79. The first kappa shape index (κ1) is 11.8. The fraction of sp³-hybridized carbons (Fsp3) is 0.700. The number of carbonyl (C=O) groups is 1. The predicted molar refractivity (Wildman–Crippen MR) is 57.7 cm³/mol. The van der Waals surface area contributed by atoms with E-state index in [1.807, 2.05) is 0 Å². The molecule has 0 fully saturated rings. The van der Waals surface area contributed by atoms with Crippen LogP contribution in [0.4, 0.5) is 0 Å². The molecule has 0 aliphatic carbocycles. The molecule has 1 N–H and O–H groups in total. The average molecular weight is 241 g/mol. The first-order chi connectivity index (χ1) is 8.02. The Balaban J connectivity index is 2.48. The quantitative estimate of drug-likeness (QED) is 0.795. The highest BCUT2D eigenvalue weighted by atomic mass is 16.5. The van der Waals surface area contributed by atoms with Crippen molar-refractivity contribution in [2.24, 2.45) is 5.92 Å². The molecule has 2 heterocycles. The largest absolute Gasteiger partial charge is 0.480 e. The third-order valence-electron chi connectivity index (χ3n) is 2.80. The van der Waals surface area contributed by atoms with Gasteiger partial charge in [-0.05, 0) is 5.92 Å². The fourth-order valence-electron chi connectivity index (χ4n) is 1.96. The van der Waals surface area contributed by atoms with Gasteiger partial charge in [-0.1, -0.05) is 13.8 Å². The Bertz CT molecular complexity index is 488. The second kappa shape index (κ2) is 4.33. The number of hydrogen-bond acceptors (Lipinski definition) is 4. The molecule has 1 aromatic heterocycles. The first-order valence-electron chi connectivity index (χ1n) is 5.51. The molecule has 0 amide bonds. The van der Waals surface area contributed by atoms with Crippen molar-refractivity contribution in [3.8, 4) is 0 Å². The highest BCUT2D eigenvalue weighted by molar-refractivity contribution is 5.71. The molecular formula is C10H15N3O4. The molecule has 0 saturated carbocycles. The molecule has 1 aliphatic rings. The van der Waals surface area contributed by atoms with Crippen LogP contribution in [0.1, 0.15) is 25.7 Å². The van der Waals surface area contributed by atoms with Crippen molar-refractivity contribution in [2.45, 2.75) is 33.0 Å². The maximum Gasteiger partial charge on any atom is 0.346 e. The Kier molecular flexibility index (Phi) is 3.01. The van der Waals surface area contributed by atoms with E-state index in [1.165, 1.54) is 4.57 Å². The minimum atomic E-state index is -1.04. The van der Waals surface area contributed by atoms with Gasteiger partial charge >= 0.3 is 11.7 Å². The number of ether oxygens (including phenoxy) is 1. The molecule has 1 unspecified atom stereocenters. The van der Waals surface area contributed by atoms with Gasteiger partial charge in [-0.2, -0.15) is 9.78 Å². The molecular weight excluding hydrogens is 226 g/mol. The highest BCUT2D eigenvalue weighted by Crippen LogP contribution is 2.16. The van der Waals surface area contributed by atoms with Crippen molar-refractivity contribution in [2.75, 3.05) is 6.61 Å². The van der Waals surface area contributed by atoms with E-state index >= 15 is 0 Å². The van der Waals surface area contributed by atoms with Crippen LogP contribution in [-0.2, 0) is 22.7 Å². The van der Waals surface area contributed by atoms with Gasteiger partial charge in [-0.25, -0.2) is 9.59 Å². The van der Waals surface area contributed by atoms with Crippen LogP contribution in [0.15, 0.2) is 4.79 Å². The van der Waals surface area contributed by atoms with Crippen molar-refractivity contribution < 1.29 is 14.6 Å². The molecule has 1 aromatic rings. The number of aliphatic carboxylic acids is 1. The fourth-order valence-corrected chi connectivity index (χ4v) is 1.96. The van der Waals surface area contributed by atoms with Crippen LogP contribution in [0.3, 0.4) is 0 Å². The smallest absolute Gasteiger partial charge is 0.346 e. The first-order valence-corrected chi connectivity index (χ1v) is 5.51. The lowest BCUT2D eigenvalue weighted by Crippen LogP contribution is -2.35. The second-order valence-corrected chi connectivity index (χ2v) is 4.37. The monoisotopic (exact) mass is 241 g/mol. The number of aromatic nitrogens is 3. The minimum absolute atomic E-state index is 0.205. The molecule has 0 radical (unpaired) electrons. The summed E-state index contributed by atoms with van der Waals surface area (Å²) in [4.78, 5) is 23.2. The van der Waals surface area contributed by atoms with Gasteiger partial charge in [0.05, 0.1) is 13.2 Å². The lowest BCUT2D eigenvalue weighted by atomic mass is 10.1. The van der Waals surface area contributed by atoms with E-state index in [9.17, 15) is 9.59 Å². The van der Waals surface area contributed by atoms with Gasteiger partial charge in [0.2, 0.25) is 0 Å². The molecule has 2 rings (SSSR count). The SMILES string of the molecule is CC(C)C(C(=O)O)n1nc2n(c1=O)CCOC2. The Morgan fingerprint density at radius 2 is 2.24 bits per heavy atom. The number of fused-ring (bicyclic) bond motifs is 1. The van der Waals surface area contributed by atoms with Crippen LogP contribution in [-0.4, -0.2) is 32.0 Å². The Labute approximate surface area is 97.6 Å². The molecule has 0 bridgehead atoms. The van der Waals surface area contributed by atoms with E-state index in [4.69, 9.17) is 9.84 Å². The van der Waals surface area contributed by atoms with E-state index in [0.717, 1.165) is 4.68 Å². The van der Waals surface area contributed by atoms with Gasteiger partial charge in [-0.3, -0.25) is 4.57 Å². The normalized spacial score (nSPS) is 16.9. The summed E-state index contributed by atoms with van der Waals surface area (Å²) in [5.74, 6) is -0.755. The Hall–Kier alpha value is -1.63. The van der Waals surface area contributed by atoms with Crippen LogP contribution < -0.4 is 5.69 Å². The summed E-state index contributed by atoms with van der Waals surface area (Å²) in [6.45, 7) is 4.64.